The molecule has 2 amide bonds. The van der Waals surface area contributed by atoms with Gasteiger partial charge < -0.3 is 20.1 Å². The highest BCUT2D eigenvalue weighted by molar-refractivity contribution is 6.00. The minimum Gasteiger partial charge on any atom is -0.465 e. The zero-order chi connectivity index (χ0) is 19.5. The number of carbonyl (C=O) groups excluding carboxylic acids is 1. The molecular weight excluding hydrogens is 360 g/mol. The number of nitrogens with one attached hydrogen (secondary N) is 2. The Morgan fingerprint density at radius 2 is 2.07 bits per heavy atom. The van der Waals surface area contributed by atoms with E-state index in [1.54, 1.807) is 47.4 Å². The Hall–Kier alpha value is -3.39. The maximum absolute atomic E-state index is 13.0. The summed E-state index contributed by atoms with van der Waals surface area (Å²) in [6.45, 7) is 0.494. The summed E-state index contributed by atoms with van der Waals surface area (Å²) in [4.78, 5) is 32.5. The SMILES string of the molecule is O=C(O)Nc1nc2cc(C3(O)c4ccccc4C(=O)N3CC3CC3)ccc2[nH]1. The van der Waals surface area contributed by atoms with Crippen LogP contribution < -0.4 is 5.32 Å². The predicted octanol–water partition coefficient (Wildman–Crippen LogP) is 2.71. The van der Waals surface area contributed by atoms with Crippen LogP contribution in [0.4, 0.5) is 10.7 Å². The second-order valence-electron chi connectivity index (χ2n) is 7.32. The van der Waals surface area contributed by atoms with Crippen LogP contribution in [0.15, 0.2) is 42.5 Å². The molecule has 1 aromatic heterocycles. The average molecular weight is 378 g/mol. The molecule has 1 saturated carbocycles. The van der Waals surface area contributed by atoms with E-state index in [0.717, 1.165) is 12.8 Å². The lowest BCUT2D eigenvalue weighted by Crippen LogP contribution is -2.45. The van der Waals surface area contributed by atoms with Crippen molar-refractivity contribution in [2.45, 2.75) is 18.6 Å². The molecule has 3 aromatic rings. The number of H-pyrrole nitrogens is 1. The summed E-state index contributed by atoms with van der Waals surface area (Å²) in [6, 6.07) is 12.2. The Morgan fingerprint density at radius 3 is 2.82 bits per heavy atom. The second-order valence-corrected chi connectivity index (χ2v) is 7.32. The number of hydrogen-bond donors (Lipinski definition) is 4. The van der Waals surface area contributed by atoms with E-state index in [0.29, 0.717) is 40.2 Å². The highest BCUT2D eigenvalue weighted by Crippen LogP contribution is 2.45. The van der Waals surface area contributed by atoms with Gasteiger partial charge in [0.05, 0.1) is 11.0 Å². The molecule has 2 aromatic carbocycles. The van der Waals surface area contributed by atoms with Crippen molar-refractivity contribution in [3.05, 3.63) is 59.2 Å². The van der Waals surface area contributed by atoms with E-state index in [-0.39, 0.29) is 11.9 Å². The Labute approximate surface area is 159 Å². The van der Waals surface area contributed by atoms with Crippen LogP contribution >= 0.6 is 0 Å². The molecule has 0 bridgehead atoms. The molecule has 4 N–H and O–H groups in total. The highest BCUT2D eigenvalue weighted by Gasteiger charge is 2.51. The topological polar surface area (TPSA) is 119 Å². The number of nitrogens with zero attached hydrogens (tertiary/aromatic N) is 2. The van der Waals surface area contributed by atoms with E-state index in [4.69, 9.17) is 5.11 Å². The fourth-order valence-electron chi connectivity index (χ4n) is 3.88. The van der Waals surface area contributed by atoms with Crippen molar-refractivity contribution in [1.29, 1.82) is 0 Å². The van der Waals surface area contributed by atoms with Crippen LogP contribution in [0.3, 0.4) is 0 Å². The van der Waals surface area contributed by atoms with Crippen molar-refractivity contribution in [1.82, 2.24) is 14.9 Å². The molecule has 0 spiro atoms. The fraction of sp³-hybridized carbons (Fsp3) is 0.250. The predicted molar refractivity (Wildman–Crippen MR) is 101 cm³/mol. The van der Waals surface area contributed by atoms with Crippen molar-refractivity contribution < 1.29 is 19.8 Å². The second kappa shape index (κ2) is 5.80. The van der Waals surface area contributed by atoms with E-state index in [1.807, 2.05) is 0 Å². The number of fused-ring (bicyclic) bond motifs is 2. The minimum absolute atomic E-state index is 0.101. The number of amides is 2. The molecule has 1 unspecified atom stereocenters. The number of rotatable bonds is 4. The quantitative estimate of drug-likeness (QED) is 0.557. The monoisotopic (exact) mass is 378 g/mol. The number of benzene rings is 2. The normalized spacial score (nSPS) is 21.2. The van der Waals surface area contributed by atoms with Gasteiger partial charge in [-0.25, -0.2) is 9.78 Å². The summed E-state index contributed by atoms with van der Waals surface area (Å²) >= 11 is 0. The van der Waals surface area contributed by atoms with Gasteiger partial charge in [-0.05, 0) is 37.0 Å². The summed E-state index contributed by atoms with van der Waals surface area (Å²) in [5.74, 6) is 0.329. The number of aliphatic hydroxyl groups is 1. The largest absolute Gasteiger partial charge is 0.465 e. The third-order valence-electron chi connectivity index (χ3n) is 5.42. The van der Waals surface area contributed by atoms with Crippen LogP contribution in [0, 0.1) is 5.92 Å². The summed E-state index contributed by atoms with van der Waals surface area (Å²) in [7, 11) is 0. The van der Waals surface area contributed by atoms with Crippen molar-refractivity contribution in [3.63, 3.8) is 0 Å². The van der Waals surface area contributed by atoms with Crippen molar-refractivity contribution in [3.8, 4) is 0 Å². The Bertz CT molecular complexity index is 1120. The minimum atomic E-state index is -1.58. The molecule has 0 radical (unpaired) electrons. The van der Waals surface area contributed by atoms with Gasteiger partial charge in [-0.3, -0.25) is 10.1 Å². The third kappa shape index (κ3) is 2.45. The average Bonchev–Trinajstić information content (AvgIpc) is 3.37. The molecule has 8 heteroatoms. The molecule has 1 aliphatic carbocycles. The Morgan fingerprint density at radius 1 is 1.29 bits per heavy atom. The number of imidazole rings is 1. The number of aromatic nitrogens is 2. The summed E-state index contributed by atoms with van der Waals surface area (Å²) < 4.78 is 0. The number of carboxylic acid groups (broad SMARTS) is 1. The molecule has 1 aliphatic heterocycles. The molecule has 0 saturated heterocycles. The van der Waals surface area contributed by atoms with Gasteiger partial charge in [0.25, 0.3) is 5.91 Å². The number of carbonyl (C=O) groups is 2. The number of anilines is 1. The zero-order valence-corrected chi connectivity index (χ0v) is 14.8. The van der Waals surface area contributed by atoms with Gasteiger partial charge in [-0.15, -0.1) is 0 Å². The van der Waals surface area contributed by atoms with Gasteiger partial charge in [0, 0.05) is 23.2 Å². The lowest BCUT2D eigenvalue weighted by atomic mass is 9.93. The molecule has 2 aliphatic rings. The Kier molecular flexibility index (Phi) is 3.47. The van der Waals surface area contributed by atoms with Crippen molar-refractivity contribution in [2.75, 3.05) is 11.9 Å². The highest BCUT2D eigenvalue weighted by atomic mass is 16.4. The van der Waals surface area contributed by atoms with Gasteiger partial charge in [0.15, 0.2) is 5.72 Å². The number of aromatic amines is 1. The van der Waals surface area contributed by atoms with Crippen LogP contribution in [0.25, 0.3) is 11.0 Å². The first kappa shape index (κ1) is 16.8. The van der Waals surface area contributed by atoms with E-state index in [2.05, 4.69) is 15.3 Å². The van der Waals surface area contributed by atoms with E-state index >= 15 is 0 Å². The van der Waals surface area contributed by atoms with Crippen LogP contribution in [-0.4, -0.2) is 43.6 Å². The Balaban J connectivity index is 1.64. The molecule has 1 fully saturated rings. The van der Waals surface area contributed by atoms with E-state index in [9.17, 15) is 14.7 Å². The van der Waals surface area contributed by atoms with Crippen LogP contribution in [0.1, 0.15) is 34.3 Å². The first-order chi connectivity index (χ1) is 13.5. The summed E-state index contributed by atoms with van der Waals surface area (Å²) in [6.07, 6.45) is 0.890. The molecule has 8 nitrogen and oxygen atoms in total. The van der Waals surface area contributed by atoms with E-state index < -0.39 is 11.8 Å². The lowest BCUT2D eigenvalue weighted by molar-refractivity contribution is -0.0518. The first-order valence-corrected chi connectivity index (χ1v) is 9.11. The summed E-state index contributed by atoms with van der Waals surface area (Å²) in [5.41, 5.74) is 1.12. The van der Waals surface area contributed by atoms with E-state index in [1.165, 1.54) is 0 Å². The molecule has 2 heterocycles. The number of hydrogen-bond acceptors (Lipinski definition) is 4. The van der Waals surface area contributed by atoms with Crippen LogP contribution in [0.5, 0.6) is 0 Å². The molecule has 5 rings (SSSR count). The third-order valence-corrected chi connectivity index (χ3v) is 5.42. The van der Waals surface area contributed by atoms with Crippen molar-refractivity contribution >= 4 is 29.0 Å². The van der Waals surface area contributed by atoms with Crippen molar-refractivity contribution in [2.24, 2.45) is 5.92 Å². The molecule has 142 valence electrons. The van der Waals surface area contributed by atoms with Gasteiger partial charge >= 0.3 is 6.09 Å². The molecule has 1 atom stereocenters. The maximum Gasteiger partial charge on any atom is 0.411 e. The molecular formula is C20H18N4O4. The van der Waals surface area contributed by atoms with Gasteiger partial charge in [0.2, 0.25) is 5.95 Å². The lowest BCUT2D eigenvalue weighted by Gasteiger charge is -2.35. The van der Waals surface area contributed by atoms with Gasteiger partial charge in [-0.1, -0.05) is 24.3 Å². The zero-order valence-electron chi connectivity index (χ0n) is 14.8. The van der Waals surface area contributed by atoms with Crippen LogP contribution in [0.2, 0.25) is 0 Å². The molecule has 28 heavy (non-hydrogen) atoms. The smallest absolute Gasteiger partial charge is 0.411 e. The fourth-order valence-corrected chi connectivity index (χ4v) is 3.88. The maximum atomic E-state index is 13.0. The summed E-state index contributed by atoms with van der Waals surface area (Å²) in [5, 5.41) is 22.8. The van der Waals surface area contributed by atoms with Gasteiger partial charge in [-0.2, -0.15) is 0 Å². The van der Waals surface area contributed by atoms with Crippen LogP contribution in [-0.2, 0) is 5.72 Å². The standard InChI is InChI=1S/C20H18N4O4/c25-17-13-3-1-2-4-14(13)20(28,24(17)10-11-5-6-11)12-7-8-15-16(9-12)22-18(21-15)23-19(26)27/h1-4,7-9,11,28H,5-6,10H2,(H,26,27)(H2,21,22,23). The van der Waals surface area contributed by atoms with Gasteiger partial charge in [0.1, 0.15) is 0 Å². The first-order valence-electron chi connectivity index (χ1n) is 9.11.